The van der Waals surface area contributed by atoms with Crippen LogP contribution in [0.4, 0.5) is 0 Å². The molecule has 0 aliphatic rings. The molecule has 5 heteroatoms. The smallest absolute Gasteiger partial charge is 0.371 e. The number of benzene rings is 1. The van der Waals surface area contributed by atoms with Gasteiger partial charge in [0.2, 0.25) is 5.76 Å². The fraction of sp³-hybridized carbons (Fsp3) is 0.267. The molecule has 0 aliphatic heterocycles. The van der Waals surface area contributed by atoms with Crippen LogP contribution >= 0.6 is 11.6 Å². The van der Waals surface area contributed by atoms with Crippen LogP contribution in [-0.2, 0) is 6.42 Å². The van der Waals surface area contributed by atoms with Crippen LogP contribution in [0.2, 0.25) is 5.02 Å². The Morgan fingerprint density at radius 1 is 1.35 bits per heavy atom. The number of halogens is 1. The van der Waals surface area contributed by atoms with Gasteiger partial charge in [0.1, 0.15) is 11.5 Å². The Balaban J connectivity index is 2.21. The largest absolute Gasteiger partial charge is 0.493 e. The number of carboxylic acids is 1. The Kier molecular flexibility index (Phi) is 4.69. The molecular formula is C15H15ClO4. The third kappa shape index (κ3) is 3.54. The Labute approximate surface area is 121 Å². The summed E-state index contributed by atoms with van der Waals surface area (Å²) in [6.07, 6.45) is 1.35. The zero-order valence-corrected chi connectivity index (χ0v) is 11.8. The van der Waals surface area contributed by atoms with Crippen LogP contribution in [0.5, 0.6) is 5.75 Å². The van der Waals surface area contributed by atoms with E-state index in [0.717, 1.165) is 17.7 Å². The predicted molar refractivity (Wildman–Crippen MR) is 75.7 cm³/mol. The van der Waals surface area contributed by atoms with E-state index in [1.807, 2.05) is 13.0 Å². The predicted octanol–water partition coefficient (Wildman–Crippen LogP) is 4.01. The van der Waals surface area contributed by atoms with E-state index in [0.29, 0.717) is 23.8 Å². The van der Waals surface area contributed by atoms with Crippen molar-refractivity contribution in [3.63, 3.8) is 0 Å². The van der Waals surface area contributed by atoms with Gasteiger partial charge in [-0.1, -0.05) is 18.5 Å². The van der Waals surface area contributed by atoms with Gasteiger partial charge in [-0.15, -0.1) is 0 Å². The van der Waals surface area contributed by atoms with Crippen LogP contribution in [0, 0.1) is 0 Å². The molecule has 0 saturated carbocycles. The van der Waals surface area contributed by atoms with Gasteiger partial charge in [0.05, 0.1) is 6.61 Å². The van der Waals surface area contributed by atoms with Crippen LogP contribution in [0.15, 0.2) is 34.7 Å². The summed E-state index contributed by atoms with van der Waals surface area (Å²) in [6, 6.07) is 8.47. The van der Waals surface area contributed by atoms with E-state index < -0.39 is 5.97 Å². The molecule has 2 aromatic rings. The van der Waals surface area contributed by atoms with Gasteiger partial charge >= 0.3 is 5.97 Å². The van der Waals surface area contributed by atoms with E-state index in [1.54, 1.807) is 18.2 Å². The minimum atomic E-state index is -1.08. The topological polar surface area (TPSA) is 59.7 Å². The van der Waals surface area contributed by atoms with Crippen molar-refractivity contribution < 1.29 is 19.1 Å². The Morgan fingerprint density at radius 3 is 2.80 bits per heavy atom. The van der Waals surface area contributed by atoms with Gasteiger partial charge in [0.15, 0.2) is 0 Å². The molecule has 0 radical (unpaired) electrons. The molecule has 1 aromatic heterocycles. The summed E-state index contributed by atoms with van der Waals surface area (Å²) < 4.78 is 10.9. The number of rotatable bonds is 6. The lowest BCUT2D eigenvalue weighted by Gasteiger charge is -2.10. The van der Waals surface area contributed by atoms with E-state index >= 15 is 0 Å². The first-order valence-corrected chi connectivity index (χ1v) is 6.71. The summed E-state index contributed by atoms with van der Waals surface area (Å²) in [4.78, 5) is 10.8. The van der Waals surface area contributed by atoms with E-state index in [-0.39, 0.29) is 5.76 Å². The number of ether oxygens (including phenoxy) is 1. The molecule has 0 saturated heterocycles. The third-order valence-electron chi connectivity index (χ3n) is 2.72. The first-order chi connectivity index (χ1) is 9.60. The standard InChI is InChI=1S/C15H15ClO4/c1-2-7-19-13-5-3-11(16)8-10(13)9-12-4-6-14(20-12)15(17)18/h3-6,8H,2,7,9H2,1H3,(H,17,18). The van der Waals surface area contributed by atoms with Gasteiger partial charge in [0, 0.05) is 17.0 Å². The molecule has 20 heavy (non-hydrogen) atoms. The van der Waals surface area contributed by atoms with Crippen molar-refractivity contribution in [2.24, 2.45) is 0 Å². The average Bonchev–Trinajstić information content (AvgIpc) is 2.87. The number of hydrogen-bond donors (Lipinski definition) is 1. The molecule has 0 spiro atoms. The number of carbonyl (C=O) groups is 1. The number of furan rings is 1. The van der Waals surface area contributed by atoms with E-state index in [2.05, 4.69) is 0 Å². The van der Waals surface area contributed by atoms with Crippen LogP contribution in [0.1, 0.15) is 35.2 Å². The van der Waals surface area contributed by atoms with Crippen molar-refractivity contribution in [2.75, 3.05) is 6.61 Å². The lowest BCUT2D eigenvalue weighted by Crippen LogP contribution is -1.99. The van der Waals surface area contributed by atoms with E-state index in [1.165, 1.54) is 6.07 Å². The molecule has 0 aliphatic carbocycles. The van der Waals surface area contributed by atoms with Gasteiger partial charge in [-0.2, -0.15) is 0 Å². The van der Waals surface area contributed by atoms with Crippen LogP contribution in [0.3, 0.4) is 0 Å². The molecule has 0 atom stereocenters. The van der Waals surface area contributed by atoms with Gasteiger partial charge in [-0.25, -0.2) is 4.79 Å². The number of carboxylic acid groups (broad SMARTS) is 1. The maximum atomic E-state index is 10.8. The second-order valence-corrected chi connectivity index (χ2v) is 4.78. The molecule has 1 N–H and O–H groups in total. The second kappa shape index (κ2) is 6.48. The van der Waals surface area contributed by atoms with Crippen LogP contribution < -0.4 is 4.74 Å². The van der Waals surface area contributed by atoms with Gasteiger partial charge < -0.3 is 14.3 Å². The molecular weight excluding hydrogens is 280 g/mol. The highest BCUT2D eigenvalue weighted by Gasteiger charge is 2.12. The van der Waals surface area contributed by atoms with Gasteiger partial charge in [0.25, 0.3) is 0 Å². The van der Waals surface area contributed by atoms with Gasteiger partial charge in [-0.3, -0.25) is 0 Å². The molecule has 106 valence electrons. The highest BCUT2D eigenvalue weighted by atomic mass is 35.5. The zero-order chi connectivity index (χ0) is 14.5. The van der Waals surface area contributed by atoms with Crippen molar-refractivity contribution in [3.05, 3.63) is 52.4 Å². The average molecular weight is 295 g/mol. The second-order valence-electron chi connectivity index (χ2n) is 4.35. The molecule has 4 nitrogen and oxygen atoms in total. The summed E-state index contributed by atoms with van der Waals surface area (Å²) in [5.74, 6) is 0.151. The van der Waals surface area contributed by atoms with Crippen molar-refractivity contribution in [1.29, 1.82) is 0 Å². The Bertz CT molecular complexity index is 604. The van der Waals surface area contributed by atoms with Crippen molar-refractivity contribution in [2.45, 2.75) is 19.8 Å². The van der Waals surface area contributed by atoms with Gasteiger partial charge in [-0.05, 0) is 36.8 Å². The summed E-state index contributed by atoms with van der Waals surface area (Å²) in [6.45, 7) is 2.65. The quantitative estimate of drug-likeness (QED) is 0.874. The molecule has 1 aromatic carbocycles. The molecule has 0 unspecified atom stereocenters. The fourth-order valence-electron chi connectivity index (χ4n) is 1.81. The first kappa shape index (κ1) is 14.5. The Morgan fingerprint density at radius 2 is 2.15 bits per heavy atom. The maximum absolute atomic E-state index is 10.8. The molecule has 0 bridgehead atoms. The first-order valence-electron chi connectivity index (χ1n) is 6.33. The highest BCUT2D eigenvalue weighted by molar-refractivity contribution is 6.30. The fourth-order valence-corrected chi connectivity index (χ4v) is 2.01. The highest BCUT2D eigenvalue weighted by Crippen LogP contribution is 2.26. The maximum Gasteiger partial charge on any atom is 0.371 e. The summed E-state index contributed by atoms with van der Waals surface area (Å²) >= 11 is 5.99. The lowest BCUT2D eigenvalue weighted by molar-refractivity contribution is 0.0660. The van der Waals surface area contributed by atoms with Crippen molar-refractivity contribution >= 4 is 17.6 Å². The van der Waals surface area contributed by atoms with Crippen LogP contribution in [0.25, 0.3) is 0 Å². The van der Waals surface area contributed by atoms with Crippen LogP contribution in [-0.4, -0.2) is 17.7 Å². The van der Waals surface area contributed by atoms with E-state index in [4.69, 9.17) is 25.9 Å². The normalized spacial score (nSPS) is 10.5. The Hall–Kier alpha value is -1.94. The zero-order valence-electron chi connectivity index (χ0n) is 11.1. The third-order valence-corrected chi connectivity index (χ3v) is 2.96. The van der Waals surface area contributed by atoms with Crippen molar-refractivity contribution in [3.8, 4) is 5.75 Å². The minimum absolute atomic E-state index is 0.0712. The summed E-state index contributed by atoms with van der Waals surface area (Å²) in [7, 11) is 0. The lowest BCUT2D eigenvalue weighted by atomic mass is 10.1. The summed E-state index contributed by atoms with van der Waals surface area (Å²) in [5.41, 5.74) is 0.872. The minimum Gasteiger partial charge on any atom is -0.493 e. The summed E-state index contributed by atoms with van der Waals surface area (Å²) in [5, 5.41) is 9.44. The molecule has 2 rings (SSSR count). The molecule has 1 heterocycles. The monoisotopic (exact) mass is 294 g/mol. The number of hydrogen-bond acceptors (Lipinski definition) is 3. The number of aromatic carboxylic acids is 1. The van der Waals surface area contributed by atoms with Crippen molar-refractivity contribution in [1.82, 2.24) is 0 Å². The SMILES string of the molecule is CCCOc1ccc(Cl)cc1Cc1ccc(C(=O)O)o1. The van der Waals surface area contributed by atoms with E-state index in [9.17, 15) is 4.79 Å². The molecule has 0 fully saturated rings. The molecule has 0 amide bonds.